The molecular weight excluding hydrogens is 133 g/mol. The van der Waals surface area contributed by atoms with Crippen LogP contribution < -0.4 is 5.73 Å². The molecule has 0 atom stereocenters. The van der Waals surface area contributed by atoms with E-state index in [9.17, 15) is 9.18 Å². The normalized spacial score (nSPS) is 9.30. The zero-order chi connectivity index (χ0) is 7.56. The van der Waals surface area contributed by atoms with Crippen LogP contribution in [0.1, 0.15) is 10.4 Å². The molecule has 0 spiro atoms. The van der Waals surface area contributed by atoms with Gasteiger partial charge < -0.3 is 5.73 Å². The Morgan fingerprint density at radius 3 is 2.70 bits per heavy atom. The van der Waals surface area contributed by atoms with Crippen LogP contribution >= 0.6 is 0 Å². The molecule has 1 aromatic rings. The van der Waals surface area contributed by atoms with Crippen molar-refractivity contribution in [3.8, 4) is 0 Å². The summed E-state index contributed by atoms with van der Waals surface area (Å²) in [5, 5.41) is 0. The van der Waals surface area contributed by atoms with Crippen LogP contribution in [-0.2, 0) is 0 Å². The molecule has 0 aliphatic heterocycles. The third-order valence-electron chi connectivity index (χ3n) is 1.15. The second-order valence-electron chi connectivity index (χ2n) is 1.90. The maximum absolute atomic E-state index is 12.5. The summed E-state index contributed by atoms with van der Waals surface area (Å²) in [5.74, 6) is -0.538. The summed E-state index contributed by atoms with van der Waals surface area (Å²) in [6.45, 7) is 0. The van der Waals surface area contributed by atoms with E-state index in [1.165, 1.54) is 18.2 Å². The Bertz CT molecular complexity index is 260. The molecule has 2 N–H and O–H groups in total. The summed E-state index contributed by atoms with van der Waals surface area (Å²) in [5.41, 5.74) is 5.67. The molecule has 0 amide bonds. The first-order valence-corrected chi connectivity index (χ1v) is 2.74. The van der Waals surface area contributed by atoms with Gasteiger partial charge in [0.25, 0.3) is 0 Å². The Kier molecular flexibility index (Phi) is 1.67. The number of aldehydes is 1. The lowest BCUT2D eigenvalue weighted by Crippen LogP contribution is -1.90. The molecule has 3 heteroatoms. The molecule has 52 valence electrons. The molecule has 0 unspecified atom stereocenters. The van der Waals surface area contributed by atoms with E-state index in [0.717, 1.165) is 0 Å². The molecule has 1 rings (SSSR count). The van der Waals surface area contributed by atoms with Gasteiger partial charge in [-0.2, -0.15) is 0 Å². The number of halogens is 1. The molecule has 2 nitrogen and oxygen atoms in total. The Labute approximate surface area is 57.5 Å². The molecule has 0 radical (unpaired) electrons. The Hall–Kier alpha value is -1.38. The Morgan fingerprint density at radius 2 is 2.20 bits per heavy atom. The highest BCUT2D eigenvalue weighted by atomic mass is 19.1. The highest BCUT2D eigenvalue weighted by Crippen LogP contribution is 2.08. The summed E-state index contributed by atoms with van der Waals surface area (Å²) < 4.78 is 12.5. The molecule has 0 aliphatic carbocycles. The highest BCUT2D eigenvalue weighted by Gasteiger charge is 1.98. The number of nitrogens with two attached hydrogens (primary N) is 1. The van der Waals surface area contributed by atoms with Gasteiger partial charge in [0.2, 0.25) is 0 Å². The first-order valence-electron chi connectivity index (χ1n) is 2.74. The van der Waals surface area contributed by atoms with E-state index < -0.39 is 5.82 Å². The highest BCUT2D eigenvalue weighted by molar-refractivity contribution is 5.76. The van der Waals surface area contributed by atoms with Crippen molar-refractivity contribution in [3.63, 3.8) is 0 Å². The molecule has 0 bridgehead atoms. The van der Waals surface area contributed by atoms with Crippen molar-refractivity contribution in [1.82, 2.24) is 0 Å². The number of rotatable bonds is 1. The number of benzene rings is 1. The average molecular weight is 139 g/mol. The third kappa shape index (κ3) is 1.13. The van der Waals surface area contributed by atoms with Crippen LogP contribution in [0.2, 0.25) is 0 Å². The number of hydrogen-bond acceptors (Lipinski definition) is 2. The molecule has 10 heavy (non-hydrogen) atoms. The number of hydrogen-bond donors (Lipinski definition) is 1. The molecule has 0 heterocycles. The Balaban J connectivity index is 3.21. The minimum Gasteiger partial charge on any atom is -0.399 e. The van der Waals surface area contributed by atoms with Gasteiger partial charge in [0.05, 0.1) is 5.56 Å². The number of anilines is 1. The lowest BCUT2D eigenvalue weighted by atomic mass is 10.2. The predicted molar refractivity (Wildman–Crippen MR) is 36.2 cm³/mol. The van der Waals surface area contributed by atoms with E-state index in [2.05, 4.69) is 0 Å². The van der Waals surface area contributed by atoms with Crippen molar-refractivity contribution in [2.24, 2.45) is 0 Å². The molecule has 0 saturated heterocycles. The van der Waals surface area contributed by atoms with Gasteiger partial charge in [-0.25, -0.2) is 4.39 Å². The summed E-state index contributed by atoms with van der Waals surface area (Å²) >= 11 is 0. The minimum atomic E-state index is -0.538. The monoisotopic (exact) mass is 139 g/mol. The van der Waals surface area contributed by atoms with Crippen LogP contribution in [-0.4, -0.2) is 6.29 Å². The fraction of sp³-hybridized carbons (Fsp3) is 0. The van der Waals surface area contributed by atoms with Gasteiger partial charge in [0, 0.05) is 5.69 Å². The van der Waals surface area contributed by atoms with Gasteiger partial charge in [-0.05, 0) is 18.2 Å². The summed E-state index contributed by atoms with van der Waals surface area (Å²) in [6, 6.07) is 3.86. The van der Waals surface area contributed by atoms with Gasteiger partial charge >= 0.3 is 0 Å². The van der Waals surface area contributed by atoms with Crippen LogP contribution in [0.15, 0.2) is 18.2 Å². The first-order chi connectivity index (χ1) is 4.74. The molecule has 1 aromatic carbocycles. The summed E-state index contributed by atoms with van der Waals surface area (Å²) in [6.07, 6.45) is 0.436. The van der Waals surface area contributed by atoms with Gasteiger partial charge in [0.1, 0.15) is 5.82 Å². The van der Waals surface area contributed by atoms with Crippen LogP contribution in [0.5, 0.6) is 0 Å². The van der Waals surface area contributed by atoms with E-state index in [1.807, 2.05) is 0 Å². The minimum absolute atomic E-state index is 0.000000000000000222. The van der Waals surface area contributed by atoms with Crippen molar-refractivity contribution >= 4 is 12.0 Å². The largest absolute Gasteiger partial charge is 0.399 e. The molecule has 0 aliphatic rings. The second kappa shape index (κ2) is 2.47. The average Bonchev–Trinajstić information content (AvgIpc) is 1.94. The summed E-state index contributed by atoms with van der Waals surface area (Å²) in [7, 11) is 0. The van der Waals surface area contributed by atoms with Crippen LogP contribution in [0.25, 0.3) is 0 Å². The fourth-order valence-corrected chi connectivity index (χ4v) is 0.653. The zero-order valence-electron chi connectivity index (χ0n) is 5.17. The van der Waals surface area contributed by atoms with Crippen LogP contribution in [0.3, 0.4) is 0 Å². The van der Waals surface area contributed by atoms with Crippen LogP contribution in [0.4, 0.5) is 10.1 Å². The zero-order valence-corrected chi connectivity index (χ0v) is 5.17. The van der Waals surface area contributed by atoms with Crippen molar-refractivity contribution < 1.29 is 9.18 Å². The summed E-state index contributed by atoms with van der Waals surface area (Å²) in [4.78, 5) is 10.1. The molecular formula is C7H6FNO. The Morgan fingerprint density at radius 1 is 1.50 bits per heavy atom. The smallest absolute Gasteiger partial charge is 0.153 e. The van der Waals surface area contributed by atoms with Gasteiger partial charge in [-0.3, -0.25) is 4.79 Å². The topological polar surface area (TPSA) is 43.1 Å². The van der Waals surface area contributed by atoms with Crippen molar-refractivity contribution in [2.45, 2.75) is 0 Å². The second-order valence-corrected chi connectivity index (χ2v) is 1.90. The van der Waals surface area contributed by atoms with Gasteiger partial charge in [0.15, 0.2) is 6.29 Å². The van der Waals surface area contributed by atoms with Crippen molar-refractivity contribution in [1.29, 1.82) is 0 Å². The SMILES string of the molecule is Nc1ccc(F)c(C=O)c1. The van der Waals surface area contributed by atoms with Gasteiger partial charge in [-0.15, -0.1) is 0 Å². The van der Waals surface area contributed by atoms with E-state index in [4.69, 9.17) is 5.73 Å². The lowest BCUT2D eigenvalue weighted by Gasteiger charge is -1.94. The van der Waals surface area contributed by atoms with E-state index in [-0.39, 0.29) is 5.56 Å². The maximum atomic E-state index is 12.5. The van der Waals surface area contributed by atoms with Crippen LogP contribution in [0, 0.1) is 5.82 Å². The first kappa shape index (κ1) is 6.74. The standard InChI is InChI=1S/C7H6FNO/c8-7-2-1-6(9)3-5(7)4-10/h1-4H,9H2. The number of carbonyl (C=O) groups is 1. The predicted octanol–water partition coefficient (Wildman–Crippen LogP) is 1.22. The van der Waals surface area contributed by atoms with E-state index >= 15 is 0 Å². The van der Waals surface area contributed by atoms with Crippen molar-refractivity contribution in [2.75, 3.05) is 5.73 Å². The third-order valence-corrected chi connectivity index (χ3v) is 1.15. The number of carbonyl (C=O) groups excluding carboxylic acids is 1. The van der Waals surface area contributed by atoms with E-state index in [0.29, 0.717) is 12.0 Å². The van der Waals surface area contributed by atoms with Gasteiger partial charge in [-0.1, -0.05) is 0 Å². The van der Waals surface area contributed by atoms with Crippen molar-refractivity contribution in [3.05, 3.63) is 29.6 Å². The molecule has 0 saturated carbocycles. The lowest BCUT2D eigenvalue weighted by molar-refractivity contribution is 0.112. The quantitative estimate of drug-likeness (QED) is 0.469. The van der Waals surface area contributed by atoms with E-state index in [1.54, 1.807) is 0 Å². The molecule has 0 fully saturated rings. The number of nitrogen functional groups attached to an aromatic ring is 1. The molecule has 0 aromatic heterocycles. The maximum Gasteiger partial charge on any atom is 0.153 e. The fourth-order valence-electron chi connectivity index (χ4n) is 0.653.